The molecule has 92 valence electrons. The van der Waals surface area contributed by atoms with Crippen LogP contribution >= 0.6 is 0 Å². The lowest BCUT2D eigenvalue weighted by Crippen LogP contribution is -2.34. The first-order valence-electron chi connectivity index (χ1n) is 5.69. The molecule has 17 heavy (non-hydrogen) atoms. The van der Waals surface area contributed by atoms with Gasteiger partial charge in [-0.3, -0.25) is 4.21 Å². The van der Waals surface area contributed by atoms with E-state index in [0.717, 1.165) is 30.4 Å². The number of para-hydroxylation sites is 1. The third-order valence-electron chi connectivity index (χ3n) is 2.58. The number of fused-ring (bicyclic) bond motifs is 1. The minimum atomic E-state index is -0.709. The molecule has 5 heteroatoms. The second-order valence-electron chi connectivity index (χ2n) is 4.00. The molecule has 1 unspecified atom stereocenters. The van der Waals surface area contributed by atoms with E-state index in [-0.39, 0.29) is 0 Å². The van der Waals surface area contributed by atoms with Gasteiger partial charge in [-0.1, -0.05) is 18.2 Å². The first-order valence-corrected chi connectivity index (χ1v) is 7.42. The Morgan fingerprint density at radius 3 is 3.12 bits per heavy atom. The van der Waals surface area contributed by atoms with Crippen LogP contribution in [0.15, 0.2) is 29.3 Å². The zero-order valence-corrected chi connectivity index (χ0v) is 10.7. The Bertz CT molecular complexity index is 445. The number of nitrogens with one attached hydrogen (secondary N) is 2. The van der Waals surface area contributed by atoms with Gasteiger partial charge in [0.1, 0.15) is 0 Å². The SMILES string of the molecule is CS(=O)CCCNC1=NCc2ccccc2N1. The molecule has 0 amide bonds. The Balaban J connectivity index is 1.81. The van der Waals surface area contributed by atoms with Crippen LogP contribution in [0.5, 0.6) is 0 Å². The second kappa shape index (κ2) is 5.82. The van der Waals surface area contributed by atoms with Crippen molar-refractivity contribution in [3.05, 3.63) is 29.8 Å². The van der Waals surface area contributed by atoms with Gasteiger partial charge in [-0.15, -0.1) is 0 Å². The summed E-state index contributed by atoms with van der Waals surface area (Å²) >= 11 is 0. The molecule has 0 fully saturated rings. The van der Waals surface area contributed by atoms with Gasteiger partial charge in [0, 0.05) is 35.0 Å². The molecular formula is C12H17N3OS. The predicted molar refractivity (Wildman–Crippen MR) is 72.8 cm³/mol. The van der Waals surface area contributed by atoms with Crippen molar-refractivity contribution in [1.29, 1.82) is 0 Å². The molecule has 1 aromatic rings. The van der Waals surface area contributed by atoms with Gasteiger partial charge in [0.15, 0.2) is 5.96 Å². The summed E-state index contributed by atoms with van der Waals surface area (Å²) in [5.74, 6) is 1.54. The van der Waals surface area contributed by atoms with Crippen molar-refractivity contribution in [1.82, 2.24) is 5.32 Å². The van der Waals surface area contributed by atoms with Crippen LogP contribution in [-0.4, -0.2) is 28.7 Å². The number of aliphatic imine (C=N–C) groups is 1. The highest BCUT2D eigenvalue weighted by Crippen LogP contribution is 2.18. The molecule has 0 saturated carbocycles. The van der Waals surface area contributed by atoms with Crippen molar-refractivity contribution in [2.75, 3.05) is 23.9 Å². The Hall–Kier alpha value is -1.36. The maximum Gasteiger partial charge on any atom is 0.196 e. The fourth-order valence-electron chi connectivity index (χ4n) is 1.69. The van der Waals surface area contributed by atoms with Crippen molar-refractivity contribution >= 4 is 22.4 Å². The van der Waals surface area contributed by atoms with Crippen molar-refractivity contribution in [3.63, 3.8) is 0 Å². The van der Waals surface area contributed by atoms with Crippen LogP contribution in [0.25, 0.3) is 0 Å². The third kappa shape index (κ3) is 3.56. The standard InChI is InChI=1S/C12H17N3OS/c1-17(16)8-4-7-13-12-14-9-10-5-2-3-6-11(10)15-12/h2-3,5-6H,4,7-9H2,1H3,(H2,13,14,15). The van der Waals surface area contributed by atoms with Gasteiger partial charge in [0.2, 0.25) is 0 Å². The number of hydrogen-bond acceptors (Lipinski definition) is 4. The van der Waals surface area contributed by atoms with Crippen LogP contribution in [0, 0.1) is 0 Å². The topological polar surface area (TPSA) is 53.5 Å². The van der Waals surface area contributed by atoms with E-state index in [0.29, 0.717) is 6.54 Å². The van der Waals surface area contributed by atoms with E-state index in [2.05, 4.69) is 21.7 Å². The smallest absolute Gasteiger partial charge is 0.196 e. The molecule has 0 aromatic heterocycles. The van der Waals surface area contributed by atoms with Gasteiger partial charge in [-0.2, -0.15) is 0 Å². The highest BCUT2D eigenvalue weighted by molar-refractivity contribution is 7.84. The summed E-state index contributed by atoms with van der Waals surface area (Å²) in [4.78, 5) is 4.41. The quantitative estimate of drug-likeness (QED) is 0.794. The van der Waals surface area contributed by atoms with E-state index in [1.807, 2.05) is 18.2 Å². The highest BCUT2D eigenvalue weighted by Gasteiger charge is 2.09. The number of hydrogen-bond donors (Lipinski definition) is 2. The Morgan fingerprint density at radius 2 is 2.29 bits per heavy atom. The van der Waals surface area contributed by atoms with Crippen molar-refractivity contribution < 1.29 is 4.21 Å². The molecule has 1 aromatic carbocycles. The average molecular weight is 251 g/mol. The van der Waals surface area contributed by atoms with Gasteiger partial charge in [-0.25, -0.2) is 4.99 Å². The summed E-state index contributed by atoms with van der Waals surface area (Å²) in [6, 6.07) is 8.15. The van der Waals surface area contributed by atoms with Crippen molar-refractivity contribution in [2.24, 2.45) is 4.99 Å². The van der Waals surface area contributed by atoms with Gasteiger partial charge in [0.25, 0.3) is 0 Å². The lowest BCUT2D eigenvalue weighted by atomic mass is 10.1. The van der Waals surface area contributed by atoms with Gasteiger partial charge >= 0.3 is 0 Å². The number of anilines is 1. The van der Waals surface area contributed by atoms with Gasteiger partial charge < -0.3 is 10.6 Å². The molecule has 1 atom stereocenters. The van der Waals surface area contributed by atoms with Crippen molar-refractivity contribution in [3.8, 4) is 0 Å². The Kier molecular flexibility index (Phi) is 4.14. The largest absolute Gasteiger partial charge is 0.356 e. The second-order valence-corrected chi connectivity index (χ2v) is 5.56. The highest BCUT2D eigenvalue weighted by atomic mass is 32.2. The molecule has 1 aliphatic rings. The van der Waals surface area contributed by atoms with E-state index >= 15 is 0 Å². The van der Waals surface area contributed by atoms with Crippen molar-refractivity contribution in [2.45, 2.75) is 13.0 Å². The molecule has 0 radical (unpaired) electrons. The predicted octanol–water partition coefficient (Wildman–Crippen LogP) is 1.33. The number of rotatable bonds is 4. The van der Waals surface area contributed by atoms with Crippen LogP contribution in [0.1, 0.15) is 12.0 Å². The Labute approximate surface area is 104 Å². The van der Waals surface area contributed by atoms with E-state index in [1.165, 1.54) is 5.56 Å². The summed E-state index contributed by atoms with van der Waals surface area (Å²) in [7, 11) is -0.709. The van der Waals surface area contributed by atoms with Gasteiger partial charge in [-0.05, 0) is 18.1 Å². The molecule has 0 spiro atoms. The molecule has 2 rings (SSSR count). The normalized spacial score (nSPS) is 15.5. The molecule has 1 heterocycles. The maximum atomic E-state index is 10.9. The number of guanidine groups is 1. The Morgan fingerprint density at radius 1 is 1.47 bits per heavy atom. The fraction of sp³-hybridized carbons (Fsp3) is 0.417. The van der Waals surface area contributed by atoms with E-state index < -0.39 is 10.8 Å². The summed E-state index contributed by atoms with van der Waals surface area (Å²) < 4.78 is 10.9. The average Bonchev–Trinajstić information content (AvgIpc) is 2.34. The zero-order valence-electron chi connectivity index (χ0n) is 9.90. The van der Waals surface area contributed by atoms with Crippen LogP contribution in [0.2, 0.25) is 0 Å². The summed E-state index contributed by atoms with van der Waals surface area (Å²) in [5, 5.41) is 6.47. The van der Waals surface area contributed by atoms with Gasteiger partial charge in [0.05, 0.1) is 6.54 Å². The molecule has 0 aliphatic carbocycles. The monoisotopic (exact) mass is 251 g/mol. The zero-order chi connectivity index (χ0) is 12.1. The van der Waals surface area contributed by atoms with Crippen LogP contribution in [0.4, 0.5) is 5.69 Å². The molecule has 0 saturated heterocycles. The van der Waals surface area contributed by atoms with Crippen LogP contribution in [-0.2, 0) is 17.3 Å². The fourth-order valence-corrected chi connectivity index (χ4v) is 2.24. The van der Waals surface area contributed by atoms with E-state index in [4.69, 9.17) is 0 Å². The third-order valence-corrected chi connectivity index (χ3v) is 3.44. The molecule has 1 aliphatic heterocycles. The lowest BCUT2D eigenvalue weighted by molar-refractivity contribution is 0.683. The lowest BCUT2D eigenvalue weighted by Gasteiger charge is -2.19. The number of benzene rings is 1. The summed E-state index contributed by atoms with van der Waals surface area (Å²) in [5.41, 5.74) is 2.33. The minimum Gasteiger partial charge on any atom is -0.356 e. The van der Waals surface area contributed by atoms with E-state index in [1.54, 1.807) is 6.26 Å². The van der Waals surface area contributed by atoms with Crippen LogP contribution in [0.3, 0.4) is 0 Å². The van der Waals surface area contributed by atoms with E-state index in [9.17, 15) is 4.21 Å². The minimum absolute atomic E-state index is 0.709. The summed E-state index contributed by atoms with van der Waals surface area (Å²) in [6.45, 7) is 1.51. The molecule has 4 nitrogen and oxygen atoms in total. The molecule has 2 N–H and O–H groups in total. The maximum absolute atomic E-state index is 10.9. The summed E-state index contributed by atoms with van der Waals surface area (Å²) in [6.07, 6.45) is 2.62. The number of nitrogens with zero attached hydrogens (tertiary/aromatic N) is 1. The van der Waals surface area contributed by atoms with Crippen LogP contribution < -0.4 is 10.6 Å². The first kappa shape index (κ1) is 12.1. The first-order chi connectivity index (χ1) is 8.25. The molecule has 0 bridgehead atoms. The molecular weight excluding hydrogens is 234 g/mol.